The number of esters is 1. The van der Waals surface area contributed by atoms with E-state index in [-0.39, 0.29) is 16.0 Å². The predicted molar refractivity (Wildman–Crippen MR) is 66.0 cm³/mol. The van der Waals surface area contributed by atoms with E-state index in [4.69, 9.17) is 4.74 Å². The Bertz CT molecular complexity index is 313. The monoisotopic (exact) mass is 320 g/mol. The van der Waals surface area contributed by atoms with Crippen LogP contribution in [-0.2, 0) is 14.3 Å². The van der Waals surface area contributed by atoms with E-state index in [1.54, 1.807) is 7.11 Å². The smallest absolute Gasteiger partial charge is 0.321 e. The van der Waals surface area contributed by atoms with Gasteiger partial charge in [-0.15, -0.1) is 0 Å². The second-order valence-electron chi connectivity index (χ2n) is 2.99. The molecule has 0 amide bonds. The highest BCUT2D eigenvalue weighted by molar-refractivity contribution is 14.1. The van der Waals surface area contributed by atoms with Gasteiger partial charge in [-0.2, -0.15) is 0 Å². The Labute approximate surface area is 103 Å². The molecule has 0 bridgehead atoms. The quantitative estimate of drug-likeness (QED) is 0.485. The summed E-state index contributed by atoms with van der Waals surface area (Å²) in [6.07, 6.45) is -0.265. The number of rotatable bonds is 4. The highest BCUT2D eigenvalue weighted by Crippen LogP contribution is 2.26. The van der Waals surface area contributed by atoms with E-state index in [1.807, 2.05) is 52.9 Å². The van der Waals surface area contributed by atoms with Crippen molar-refractivity contribution in [3.05, 3.63) is 35.9 Å². The Hall–Kier alpha value is -0.620. The fraction of sp³-hybridized carbons (Fsp3) is 0.364. The van der Waals surface area contributed by atoms with E-state index >= 15 is 0 Å². The Morgan fingerprint density at radius 3 is 2.33 bits per heavy atom. The zero-order valence-corrected chi connectivity index (χ0v) is 10.8. The highest BCUT2D eigenvalue weighted by atomic mass is 127. The molecule has 0 saturated carbocycles. The molecule has 0 heterocycles. The summed E-state index contributed by atoms with van der Waals surface area (Å²) in [7, 11) is 2.97. The topological polar surface area (TPSA) is 35.5 Å². The first-order valence-electron chi connectivity index (χ1n) is 4.50. The molecule has 0 aliphatic heterocycles. The van der Waals surface area contributed by atoms with Crippen molar-refractivity contribution in [3.63, 3.8) is 0 Å². The van der Waals surface area contributed by atoms with Crippen LogP contribution in [0.25, 0.3) is 0 Å². The molecule has 0 fully saturated rings. The fourth-order valence-corrected chi connectivity index (χ4v) is 2.27. The van der Waals surface area contributed by atoms with Gasteiger partial charge in [0, 0.05) is 7.11 Å². The maximum atomic E-state index is 11.4. The molecule has 1 rings (SSSR count). The molecule has 15 heavy (non-hydrogen) atoms. The number of benzene rings is 1. The molecule has 1 aromatic rings. The van der Waals surface area contributed by atoms with E-state index in [2.05, 4.69) is 4.74 Å². The number of hydrogen-bond donors (Lipinski definition) is 0. The van der Waals surface area contributed by atoms with Gasteiger partial charge in [-0.25, -0.2) is 0 Å². The minimum absolute atomic E-state index is 0.265. The van der Waals surface area contributed by atoms with Gasteiger partial charge in [0.15, 0.2) is 0 Å². The van der Waals surface area contributed by atoms with Gasteiger partial charge in [0.1, 0.15) is 10.0 Å². The standard InChI is InChI=1S/C11H13IO3/c1-14-10(9(12)11(13)15-2)8-6-4-3-5-7-8/h3-7,9-10H,1-2H3/t9-,10+/m1/s1. The molecule has 2 atom stereocenters. The van der Waals surface area contributed by atoms with E-state index in [0.717, 1.165) is 5.56 Å². The third kappa shape index (κ3) is 3.17. The molecule has 0 spiro atoms. The summed E-state index contributed by atoms with van der Waals surface area (Å²) < 4.78 is 9.67. The van der Waals surface area contributed by atoms with Crippen LogP contribution in [0.15, 0.2) is 30.3 Å². The summed E-state index contributed by atoms with van der Waals surface area (Å²) >= 11 is 2.03. The summed E-state index contributed by atoms with van der Waals surface area (Å²) in [5.74, 6) is -0.272. The van der Waals surface area contributed by atoms with Gasteiger partial charge in [-0.05, 0) is 5.56 Å². The van der Waals surface area contributed by atoms with Crippen LogP contribution in [0.3, 0.4) is 0 Å². The number of carbonyl (C=O) groups excluding carboxylic acids is 1. The van der Waals surface area contributed by atoms with Gasteiger partial charge in [-0.1, -0.05) is 52.9 Å². The van der Waals surface area contributed by atoms with Crippen molar-refractivity contribution >= 4 is 28.6 Å². The zero-order valence-electron chi connectivity index (χ0n) is 8.64. The molecule has 0 unspecified atom stereocenters. The third-order valence-electron chi connectivity index (χ3n) is 2.07. The first-order valence-corrected chi connectivity index (χ1v) is 5.75. The number of alkyl halides is 1. The van der Waals surface area contributed by atoms with Crippen LogP contribution in [0, 0.1) is 0 Å². The second kappa shape index (κ2) is 6.07. The van der Waals surface area contributed by atoms with Gasteiger partial charge in [-0.3, -0.25) is 4.79 Å². The van der Waals surface area contributed by atoms with Crippen molar-refractivity contribution in [2.24, 2.45) is 0 Å². The van der Waals surface area contributed by atoms with E-state index in [0.29, 0.717) is 0 Å². The average molecular weight is 320 g/mol. The Balaban J connectivity index is 2.85. The van der Waals surface area contributed by atoms with Crippen molar-refractivity contribution in [2.75, 3.05) is 14.2 Å². The van der Waals surface area contributed by atoms with E-state index < -0.39 is 0 Å². The Morgan fingerprint density at radius 1 is 1.27 bits per heavy atom. The first-order chi connectivity index (χ1) is 7.20. The lowest BCUT2D eigenvalue weighted by Gasteiger charge is -2.19. The minimum atomic E-state index is -0.333. The normalized spacial score (nSPS) is 14.3. The fourth-order valence-electron chi connectivity index (χ4n) is 1.30. The summed E-state index contributed by atoms with van der Waals surface area (Å²) in [6, 6.07) is 9.63. The number of ether oxygens (including phenoxy) is 2. The first kappa shape index (κ1) is 12.4. The van der Waals surface area contributed by atoms with E-state index in [9.17, 15) is 4.79 Å². The summed E-state index contributed by atoms with van der Waals surface area (Å²) in [6.45, 7) is 0. The second-order valence-corrected chi connectivity index (χ2v) is 4.33. The largest absolute Gasteiger partial charge is 0.468 e. The molecule has 82 valence electrons. The van der Waals surface area contributed by atoms with Crippen LogP contribution < -0.4 is 0 Å². The summed E-state index contributed by atoms with van der Waals surface area (Å²) in [5, 5.41) is 0. The van der Waals surface area contributed by atoms with Crippen LogP contribution in [0.1, 0.15) is 11.7 Å². The average Bonchev–Trinajstić information content (AvgIpc) is 2.30. The van der Waals surface area contributed by atoms with Gasteiger partial charge >= 0.3 is 5.97 Å². The zero-order chi connectivity index (χ0) is 11.3. The summed E-state index contributed by atoms with van der Waals surface area (Å²) in [5.41, 5.74) is 0.977. The van der Waals surface area contributed by atoms with Gasteiger partial charge < -0.3 is 9.47 Å². The Kier molecular flexibility index (Phi) is 5.04. The molecule has 0 N–H and O–H groups in total. The van der Waals surface area contributed by atoms with Crippen molar-refractivity contribution in [1.82, 2.24) is 0 Å². The molecule has 1 aromatic carbocycles. The number of halogens is 1. The van der Waals surface area contributed by atoms with Crippen molar-refractivity contribution < 1.29 is 14.3 Å². The maximum absolute atomic E-state index is 11.4. The number of methoxy groups -OCH3 is 2. The SMILES string of the molecule is COC(=O)[C@H](I)[C@@H](OC)c1ccccc1. The van der Waals surface area contributed by atoms with Gasteiger partial charge in [0.25, 0.3) is 0 Å². The molecule has 0 aromatic heterocycles. The van der Waals surface area contributed by atoms with Crippen molar-refractivity contribution in [3.8, 4) is 0 Å². The van der Waals surface area contributed by atoms with Crippen LogP contribution in [0.2, 0.25) is 0 Å². The van der Waals surface area contributed by atoms with Crippen LogP contribution >= 0.6 is 22.6 Å². The molecule has 4 heteroatoms. The lowest BCUT2D eigenvalue weighted by Crippen LogP contribution is -2.24. The van der Waals surface area contributed by atoms with E-state index in [1.165, 1.54) is 7.11 Å². The molecular weight excluding hydrogens is 307 g/mol. The van der Waals surface area contributed by atoms with Gasteiger partial charge in [0.2, 0.25) is 0 Å². The van der Waals surface area contributed by atoms with Crippen molar-refractivity contribution in [1.29, 1.82) is 0 Å². The molecule has 0 radical (unpaired) electrons. The molecular formula is C11H13IO3. The van der Waals surface area contributed by atoms with Gasteiger partial charge in [0.05, 0.1) is 7.11 Å². The molecule has 0 aliphatic rings. The molecule has 3 nitrogen and oxygen atoms in total. The molecule has 0 aliphatic carbocycles. The third-order valence-corrected chi connectivity index (χ3v) is 3.24. The van der Waals surface area contributed by atoms with Crippen LogP contribution in [0.4, 0.5) is 0 Å². The number of carbonyl (C=O) groups is 1. The maximum Gasteiger partial charge on any atom is 0.321 e. The minimum Gasteiger partial charge on any atom is -0.468 e. The predicted octanol–water partition coefficient (Wildman–Crippen LogP) is 2.35. The molecule has 0 saturated heterocycles. The number of hydrogen-bond acceptors (Lipinski definition) is 3. The highest BCUT2D eigenvalue weighted by Gasteiger charge is 2.27. The Morgan fingerprint density at radius 2 is 1.87 bits per heavy atom. The lowest BCUT2D eigenvalue weighted by atomic mass is 10.1. The van der Waals surface area contributed by atoms with Crippen LogP contribution in [0.5, 0.6) is 0 Å². The van der Waals surface area contributed by atoms with Crippen LogP contribution in [-0.4, -0.2) is 24.1 Å². The van der Waals surface area contributed by atoms with Crippen molar-refractivity contribution in [2.45, 2.75) is 10.0 Å². The summed E-state index contributed by atoms with van der Waals surface area (Å²) in [4.78, 5) is 11.4. The lowest BCUT2D eigenvalue weighted by molar-refractivity contribution is -0.142.